The molecule has 0 saturated carbocycles. The van der Waals surface area contributed by atoms with E-state index in [4.69, 9.17) is 46.4 Å². The zero-order valence-electron chi connectivity index (χ0n) is 29.6. The fraction of sp³-hybridized carbons (Fsp3) is 0.364. The van der Waals surface area contributed by atoms with Gasteiger partial charge in [-0.2, -0.15) is 0 Å². The van der Waals surface area contributed by atoms with Crippen LogP contribution in [0, 0.1) is 95.3 Å². The lowest BCUT2D eigenvalue weighted by Gasteiger charge is -2.37. The van der Waals surface area contributed by atoms with Gasteiger partial charge in [-0.05, 0) is 41.5 Å². The molecule has 0 saturated heterocycles. The standard InChI is InChI=1S/C31H24BF15N2.2CH2Cl2/c1-9-10(2)49(31(6,7)8)29(48(9)30(3,4)5)11-15(33)17(35)12(18(36)16(11)34)32(47,13-19(37)23(41)27(45)24(42)20(13)38)14-21(39)25(43)28(46)26(44)22(14)40;2*2-1-3/h1-8H3;2*1H2. The van der Waals surface area contributed by atoms with Crippen molar-refractivity contribution in [1.82, 2.24) is 4.57 Å². The summed E-state index contributed by atoms with van der Waals surface area (Å²) in [5.74, 6) is -44.3. The van der Waals surface area contributed by atoms with Crippen LogP contribution in [-0.4, -0.2) is 21.7 Å². The van der Waals surface area contributed by atoms with Gasteiger partial charge in [-0.15, -0.1) is 46.4 Å². The van der Waals surface area contributed by atoms with Gasteiger partial charge < -0.3 is 4.32 Å². The van der Waals surface area contributed by atoms with Gasteiger partial charge in [0, 0.05) is 13.8 Å². The molecule has 2 nitrogen and oxygen atoms in total. The van der Waals surface area contributed by atoms with E-state index in [0.717, 1.165) is 0 Å². The van der Waals surface area contributed by atoms with Gasteiger partial charge in [-0.1, -0.05) is 16.4 Å². The van der Waals surface area contributed by atoms with E-state index in [1.807, 2.05) is 0 Å². The van der Waals surface area contributed by atoms with Crippen molar-refractivity contribution in [3.63, 3.8) is 0 Å². The largest absolute Gasteiger partial charge is 0.498 e. The second kappa shape index (κ2) is 17.3. The normalized spacial score (nSPS) is 12.1. The van der Waals surface area contributed by atoms with Crippen molar-refractivity contribution in [2.24, 2.45) is 0 Å². The molecular weight excluding hydrogens is 862 g/mol. The number of hydrogen-bond acceptors (Lipinski definition) is 0. The second-order valence-electron chi connectivity index (χ2n) is 13.5. The molecule has 1 heterocycles. The summed E-state index contributed by atoms with van der Waals surface area (Å²) in [6, 6.07) is 0. The minimum absolute atomic E-state index is 0.194. The summed E-state index contributed by atoms with van der Waals surface area (Å²) < 4.78 is 231. The van der Waals surface area contributed by atoms with Crippen LogP contribution in [-0.2, 0) is 11.1 Å². The molecule has 306 valence electrons. The molecule has 1 aromatic heterocycles. The maximum atomic E-state index is 17.4. The zero-order valence-corrected chi connectivity index (χ0v) is 32.6. The van der Waals surface area contributed by atoms with E-state index in [0.29, 0.717) is 0 Å². The van der Waals surface area contributed by atoms with Crippen molar-refractivity contribution >= 4 is 69.2 Å². The van der Waals surface area contributed by atoms with Crippen LogP contribution in [0.5, 0.6) is 0 Å². The zero-order chi connectivity index (χ0) is 43.2. The Bertz CT molecular complexity index is 1930. The molecule has 0 radical (unpaired) electrons. The molecule has 0 bridgehead atoms. The van der Waals surface area contributed by atoms with Crippen LogP contribution in [0.3, 0.4) is 0 Å². The first-order valence-electron chi connectivity index (χ1n) is 15.1. The lowest BCUT2D eigenvalue weighted by Crippen LogP contribution is -2.70. The van der Waals surface area contributed by atoms with E-state index >= 15 is 39.4 Å². The van der Waals surface area contributed by atoms with Crippen LogP contribution in [0.2, 0.25) is 0 Å². The van der Waals surface area contributed by atoms with E-state index in [9.17, 15) is 26.3 Å². The lowest BCUT2D eigenvalue weighted by molar-refractivity contribution is -0.748. The lowest BCUT2D eigenvalue weighted by atomic mass is 9.30. The highest BCUT2D eigenvalue weighted by molar-refractivity contribution is 7.07. The number of benzene rings is 3. The minimum Gasteiger partial charge on any atom is -0.498 e. The average molecular weight is 890 g/mol. The van der Waals surface area contributed by atoms with Crippen LogP contribution < -0.4 is 21.0 Å². The van der Waals surface area contributed by atoms with Crippen LogP contribution in [0.25, 0.3) is 11.4 Å². The van der Waals surface area contributed by atoms with Crippen molar-refractivity contribution in [2.45, 2.75) is 66.5 Å². The summed E-state index contributed by atoms with van der Waals surface area (Å²) in [6.45, 7) is 11.9. The SMILES string of the molecule is Cc1c(C)[n+](C(C)(C)C)c(-c2c(F)c(F)c([B-](F)(c3c(F)c(F)c(F)c(F)c3F)c3c(F)c(F)c(F)c(F)c3F)c(F)c2F)n1C(C)(C)C.ClCCl.ClCCl. The van der Waals surface area contributed by atoms with Crippen LogP contribution >= 0.6 is 46.4 Å². The fourth-order valence-corrected chi connectivity index (χ4v) is 6.18. The highest BCUT2D eigenvalue weighted by Crippen LogP contribution is 2.36. The summed E-state index contributed by atoms with van der Waals surface area (Å²) in [5, 5.41) is 0.389. The summed E-state index contributed by atoms with van der Waals surface area (Å²) in [4.78, 5) is 0. The summed E-state index contributed by atoms with van der Waals surface area (Å²) in [7, 11) is 0. The minimum atomic E-state index is -6.91. The van der Waals surface area contributed by atoms with E-state index in [1.165, 1.54) is 64.5 Å². The van der Waals surface area contributed by atoms with Crippen molar-refractivity contribution in [3.8, 4) is 11.4 Å². The van der Waals surface area contributed by atoms with Gasteiger partial charge in [-0.25, -0.2) is 70.6 Å². The highest BCUT2D eigenvalue weighted by atomic mass is 35.5. The van der Waals surface area contributed by atoms with Gasteiger partial charge in [0.05, 0.1) is 10.7 Å². The average Bonchev–Trinajstić information content (AvgIpc) is 3.34. The Kier molecular flexibility index (Phi) is 15.1. The van der Waals surface area contributed by atoms with Crippen molar-refractivity contribution < 1.29 is 70.3 Å². The number of alkyl halides is 4. The van der Waals surface area contributed by atoms with Gasteiger partial charge in [0.15, 0.2) is 46.5 Å². The molecule has 0 aliphatic carbocycles. The molecule has 0 spiro atoms. The van der Waals surface area contributed by atoms with Gasteiger partial charge in [-0.3, -0.25) is 0 Å². The van der Waals surface area contributed by atoms with Crippen LogP contribution in [0.4, 0.5) is 65.8 Å². The first-order valence-corrected chi connectivity index (χ1v) is 17.3. The van der Waals surface area contributed by atoms with E-state index in [1.54, 1.807) is 0 Å². The number of nitrogens with zero attached hydrogens (tertiary/aromatic N) is 2. The maximum absolute atomic E-state index is 17.4. The van der Waals surface area contributed by atoms with E-state index in [2.05, 4.69) is 0 Å². The number of rotatable bonds is 4. The predicted molar refractivity (Wildman–Crippen MR) is 181 cm³/mol. The summed E-state index contributed by atoms with van der Waals surface area (Å²) in [6.07, 6.45) is -6.91. The number of halogens is 19. The van der Waals surface area contributed by atoms with Gasteiger partial charge in [0.2, 0.25) is 0 Å². The Balaban J connectivity index is 0.00000163. The van der Waals surface area contributed by atoms with Crippen molar-refractivity contribution in [1.29, 1.82) is 0 Å². The number of hydrogen-bond donors (Lipinski definition) is 0. The molecule has 4 rings (SSSR count). The maximum Gasteiger partial charge on any atom is 0.296 e. The second-order valence-corrected chi connectivity index (χ2v) is 15.1. The smallest absolute Gasteiger partial charge is 0.296 e. The molecule has 0 amide bonds. The van der Waals surface area contributed by atoms with E-state index < -0.39 is 127 Å². The molecule has 55 heavy (non-hydrogen) atoms. The Hall–Kier alpha value is -2.96. The molecule has 0 unspecified atom stereocenters. The Labute approximate surface area is 324 Å². The van der Waals surface area contributed by atoms with Crippen LogP contribution in [0.1, 0.15) is 52.9 Å². The molecule has 22 heteroatoms. The fourth-order valence-electron chi connectivity index (χ4n) is 6.18. The molecule has 3 aromatic carbocycles. The third-order valence-electron chi connectivity index (χ3n) is 8.16. The van der Waals surface area contributed by atoms with Gasteiger partial charge in [0.1, 0.15) is 62.9 Å². The van der Waals surface area contributed by atoms with Crippen LogP contribution in [0.15, 0.2) is 0 Å². The molecule has 0 N–H and O–H groups in total. The monoisotopic (exact) mass is 888 g/mol. The molecule has 0 aliphatic heterocycles. The first kappa shape index (κ1) is 48.2. The molecular formula is C33H28BCl4F15N2. The summed E-state index contributed by atoms with van der Waals surface area (Å²) in [5.41, 5.74) is -12.9. The van der Waals surface area contributed by atoms with Crippen molar-refractivity contribution in [3.05, 3.63) is 92.8 Å². The molecule has 4 aromatic rings. The third kappa shape index (κ3) is 8.11. The van der Waals surface area contributed by atoms with E-state index in [-0.39, 0.29) is 22.1 Å². The Morgan fingerprint density at radius 3 is 0.945 bits per heavy atom. The predicted octanol–water partition coefficient (Wildman–Crippen LogP) is 10.3. The Morgan fingerprint density at radius 1 is 0.473 bits per heavy atom. The molecule has 0 atom stereocenters. The third-order valence-corrected chi connectivity index (χ3v) is 8.16. The first-order chi connectivity index (χ1) is 25.0. The highest BCUT2D eigenvalue weighted by Gasteiger charge is 2.50. The van der Waals surface area contributed by atoms with Crippen molar-refractivity contribution in [2.75, 3.05) is 10.7 Å². The number of aromatic nitrogens is 2. The molecule has 0 aliphatic rings. The quantitative estimate of drug-likeness (QED) is 0.0482. The molecule has 0 fully saturated rings. The topological polar surface area (TPSA) is 8.81 Å². The van der Waals surface area contributed by atoms with Gasteiger partial charge >= 0.3 is 0 Å². The Morgan fingerprint density at radius 2 is 0.709 bits per heavy atom. The summed E-state index contributed by atoms with van der Waals surface area (Å²) >= 11 is 19.1. The number of imidazole rings is 1. The van der Waals surface area contributed by atoms with Gasteiger partial charge in [0.25, 0.3) is 12.2 Å².